The van der Waals surface area contributed by atoms with Crippen LogP contribution in [0.3, 0.4) is 0 Å². The number of hydrogen-bond donors (Lipinski definition) is 0. The Morgan fingerprint density at radius 1 is 1.10 bits per heavy atom. The second-order valence-electron chi connectivity index (χ2n) is 4.89. The number of rotatable bonds is 3. The normalized spacial score (nSPS) is 20.6. The summed E-state index contributed by atoms with van der Waals surface area (Å²) < 4.78 is 16.8. The number of carbonyl (C=O) groups is 1. The minimum Gasteiger partial charge on any atom is -0.497 e. The molecule has 0 saturated carbocycles. The van der Waals surface area contributed by atoms with E-state index in [0.717, 1.165) is 5.56 Å². The molecule has 1 heterocycles. The first kappa shape index (κ1) is 13.6. The van der Waals surface area contributed by atoms with Crippen LogP contribution in [0.25, 0.3) is 0 Å². The SMILES string of the molecule is COc1ccc2c(c1)C(=O)CC(OC)(c1ccccc1)O2. The topological polar surface area (TPSA) is 44.8 Å². The largest absolute Gasteiger partial charge is 0.497 e. The van der Waals surface area contributed by atoms with Gasteiger partial charge in [0.05, 0.1) is 19.1 Å². The minimum absolute atomic E-state index is 0.0270. The molecular weight excluding hydrogens is 268 g/mol. The minimum atomic E-state index is -1.07. The highest BCUT2D eigenvalue weighted by atomic mass is 16.7. The van der Waals surface area contributed by atoms with Crippen molar-refractivity contribution < 1.29 is 19.0 Å². The summed E-state index contributed by atoms with van der Waals surface area (Å²) in [4.78, 5) is 12.5. The summed E-state index contributed by atoms with van der Waals surface area (Å²) in [5.74, 6) is 0.0499. The van der Waals surface area contributed by atoms with Crippen molar-refractivity contribution in [1.29, 1.82) is 0 Å². The molecule has 0 spiro atoms. The fourth-order valence-electron chi connectivity index (χ4n) is 2.55. The standard InChI is InChI=1S/C17H16O4/c1-19-13-8-9-16-14(10-13)15(18)11-17(20-2,21-16)12-6-4-3-5-7-12/h3-10H,11H2,1-2H3. The highest BCUT2D eigenvalue weighted by molar-refractivity contribution is 6.00. The summed E-state index contributed by atoms with van der Waals surface area (Å²) >= 11 is 0. The number of carbonyl (C=O) groups excluding carboxylic acids is 1. The Morgan fingerprint density at radius 3 is 2.52 bits per heavy atom. The molecule has 0 bridgehead atoms. The number of benzene rings is 2. The third-order valence-electron chi connectivity index (χ3n) is 3.70. The number of ketones is 1. The second-order valence-corrected chi connectivity index (χ2v) is 4.89. The lowest BCUT2D eigenvalue weighted by Crippen LogP contribution is -2.41. The van der Waals surface area contributed by atoms with Crippen LogP contribution in [0.2, 0.25) is 0 Å². The molecule has 2 aromatic carbocycles. The van der Waals surface area contributed by atoms with Crippen LogP contribution in [0.5, 0.6) is 11.5 Å². The molecule has 4 heteroatoms. The van der Waals surface area contributed by atoms with E-state index < -0.39 is 5.79 Å². The van der Waals surface area contributed by atoms with E-state index in [0.29, 0.717) is 17.1 Å². The van der Waals surface area contributed by atoms with Gasteiger partial charge in [-0.2, -0.15) is 0 Å². The number of hydrogen-bond acceptors (Lipinski definition) is 4. The maximum atomic E-state index is 12.5. The van der Waals surface area contributed by atoms with Crippen molar-refractivity contribution in [1.82, 2.24) is 0 Å². The van der Waals surface area contributed by atoms with Gasteiger partial charge in [-0.05, 0) is 18.2 Å². The molecule has 1 aliphatic rings. The lowest BCUT2D eigenvalue weighted by Gasteiger charge is -2.36. The van der Waals surface area contributed by atoms with Crippen LogP contribution >= 0.6 is 0 Å². The number of ether oxygens (including phenoxy) is 3. The van der Waals surface area contributed by atoms with E-state index >= 15 is 0 Å². The van der Waals surface area contributed by atoms with E-state index in [1.54, 1.807) is 32.4 Å². The van der Waals surface area contributed by atoms with Gasteiger partial charge in [-0.1, -0.05) is 30.3 Å². The zero-order valence-electron chi connectivity index (χ0n) is 12.0. The number of methoxy groups -OCH3 is 2. The van der Waals surface area contributed by atoms with Gasteiger partial charge >= 0.3 is 0 Å². The smallest absolute Gasteiger partial charge is 0.244 e. The molecule has 0 aromatic heterocycles. The van der Waals surface area contributed by atoms with E-state index in [9.17, 15) is 4.79 Å². The summed E-state index contributed by atoms with van der Waals surface area (Å²) in [6.07, 6.45) is 0.133. The second kappa shape index (κ2) is 5.22. The Labute approximate surface area is 123 Å². The van der Waals surface area contributed by atoms with Crippen LogP contribution in [0, 0.1) is 0 Å². The molecule has 0 fully saturated rings. The Balaban J connectivity index is 2.06. The molecule has 1 atom stereocenters. The molecule has 0 amide bonds. The van der Waals surface area contributed by atoms with Gasteiger partial charge in [-0.15, -0.1) is 0 Å². The molecule has 0 radical (unpaired) electrons. The lowest BCUT2D eigenvalue weighted by atomic mass is 9.93. The van der Waals surface area contributed by atoms with Crippen molar-refractivity contribution in [3.8, 4) is 11.5 Å². The molecule has 0 saturated heterocycles. The Morgan fingerprint density at radius 2 is 1.86 bits per heavy atom. The first-order valence-electron chi connectivity index (χ1n) is 6.69. The van der Waals surface area contributed by atoms with E-state index in [2.05, 4.69) is 0 Å². The van der Waals surface area contributed by atoms with Crippen LogP contribution in [0.1, 0.15) is 22.3 Å². The lowest BCUT2D eigenvalue weighted by molar-refractivity contribution is -0.173. The number of Topliss-reactive ketones (excluding diaryl/α,β-unsaturated/α-hetero) is 1. The Hall–Kier alpha value is -2.33. The molecule has 1 aliphatic heterocycles. The fourth-order valence-corrected chi connectivity index (χ4v) is 2.55. The van der Waals surface area contributed by atoms with Gasteiger partial charge in [-0.25, -0.2) is 0 Å². The molecule has 0 N–H and O–H groups in total. The van der Waals surface area contributed by atoms with Crippen LogP contribution in [-0.2, 0) is 10.5 Å². The zero-order valence-corrected chi connectivity index (χ0v) is 12.0. The van der Waals surface area contributed by atoms with Gasteiger partial charge < -0.3 is 14.2 Å². The summed E-state index contributed by atoms with van der Waals surface area (Å²) in [7, 11) is 3.12. The van der Waals surface area contributed by atoms with Crippen LogP contribution < -0.4 is 9.47 Å². The molecular formula is C17H16O4. The van der Waals surface area contributed by atoms with Crippen LogP contribution in [0.4, 0.5) is 0 Å². The monoisotopic (exact) mass is 284 g/mol. The average Bonchev–Trinajstić information content (AvgIpc) is 2.55. The zero-order chi connectivity index (χ0) is 14.9. The van der Waals surface area contributed by atoms with E-state index in [1.807, 2.05) is 30.3 Å². The quantitative estimate of drug-likeness (QED) is 0.868. The molecule has 108 valence electrons. The molecule has 1 unspecified atom stereocenters. The van der Waals surface area contributed by atoms with Gasteiger partial charge in [0.15, 0.2) is 5.78 Å². The summed E-state index contributed by atoms with van der Waals surface area (Å²) in [5.41, 5.74) is 1.35. The van der Waals surface area contributed by atoms with Crippen molar-refractivity contribution in [2.75, 3.05) is 14.2 Å². The number of fused-ring (bicyclic) bond motifs is 1. The maximum absolute atomic E-state index is 12.5. The summed E-state index contributed by atoms with van der Waals surface area (Å²) in [6, 6.07) is 14.7. The van der Waals surface area contributed by atoms with Crippen molar-refractivity contribution in [2.24, 2.45) is 0 Å². The van der Waals surface area contributed by atoms with Gasteiger partial charge in [0.25, 0.3) is 0 Å². The average molecular weight is 284 g/mol. The van der Waals surface area contributed by atoms with Gasteiger partial charge in [0.2, 0.25) is 5.79 Å². The third-order valence-corrected chi connectivity index (χ3v) is 3.70. The van der Waals surface area contributed by atoms with Crippen molar-refractivity contribution in [2.45, 2.75) is 12.2 Å². The van der Waals surface area contributed by atoms with E-state index in [4.69, 9.17) is 14.2 Å². The van der Waals surface area contributed by atoms with Crippen LogP contribution in [-0.4, -0.2) is 20.0 Å². The van der Waals surface area contributed by atoms with Crippen LogP contribution in [0.15, 0.2) is 48.5 Å². The molecule has 4 nitrogen and oxygen atoms in total. The van der Waals surface area contributed by atoms with Gasteiger partial charge in [0.1, 0.15) is 11.5 Å². The van der Waals surface area contributed by atoms with Crippen molar-refractivity contribution >= 4 is 5.78 Å². The molecule has 0 aliphatic carbocycles. The van der Waals surface area contributed by atoms with E-state index in [-0.39, 0.29) is 12.2 Å². The Bertz CT molecular complexity index is 666. The fraction of sp³-hybridized carbons (Fsp3) is 0.235. The first-order valence-corrected chi connectivity index (χ1v) is 6.69. The molecule has 2 aromatic rings. The summed E-state index contributed by atoms with van der Waals surface area (Å²) in [5, 5.41) is 0. The molecule has 3 rings (SSSR count). The van der Waals surface area contributed by atoms with Gasteiger partial charge in [-0.3, -0.25) is 4.79 Å². The van der Waals surface area contributed by atoms with Gasteiger partial charge in [0, 0.05) is 12.7 Å². The molecule has 21 heavy (non-hydrogen) atoms. The predicted molar refractivity (Wildman–Crippen MR) is 77.7 cm³/mol. The van der Waals surface area contributed by atoms with Crippen molar-refractivity contribution in [3.63, 3.8) is 0 Å². The maximum Gasteiger partial charge on any atom is 0.244 e. The Kier molecular flexibility index (Phi) is 3.39. The highest BCUT2D eigenvalue weighted by Crippen LogP contribution is 2.41. The highest BCUT2D eigenvalue weighted by Gasteiger charge is 2.42. The first-order chi connectivity index (χ1) is 10.2. The van der Waals surface area contributed by atoms with E-state index in [1.165, 1.54) is 0 Å². The van der Waals surface area contributed by atoms with Crippen molar-refractivity contribution in [3.05, 3.63) is 59.7 Å². The third kappa shape index (κ3) is 2.28. The summed E-state index contributed by atoms with van der Waals surface area (Å²) in [6.45, 7) is 0. The predicted octanol–water partition coefficient (Wildman–Crippen LogP) is 3.16.